The molecule has 0 atom stereocenters. The second kappa shape index (κ2) is 5.59. The number of hydrogen-bond acceptors (Lipinski definition) is 5. The van der Waals surface area contributed by atoms with Gasteiger partial charge in [0, 0.05) is 30.5 Å². The van der Waals surface area contributed by atoms with Crippen molar-refractivity contribution in [1.29, 1.82) is 0 Å². The second-order valence-corrected chi connectivity index (χ2v) is 5.58. The summed E-state index contributed by atoms with van der Waals surface area (Å²) >= 11 is 0. The molecule has 4 aromatic rings. The predicted octanol–water partition coefficient (Wildman–Crippen LogP) is 1.48. The molecule has 0 fully saturated rings. The molecule has 0 saturated carbocycles. The fraction of sp³-hybridized carbons (Fsp3) is 0.176. The first-order valence-electron chi connectivity index (χ1n) is 7.80. The van der Waals surface area contributed by atoms with E-state index in [1.165, 1.54) is 10.7 Å². The van der Waals surface area contributed by atoms with Gasteiger partial charge < -0.3 is 14.5 Å². The number of ether oxygens (including phenoxy) is 1. The molecule has 0 saturated heterocycles. The van der Waals surface area contributed by atoms with Gasteiger partial charge in [-0.25, -0.2) is 4.52 Å². The van der Waals surface area contributed by atoms with Crippen molar-refractivity contribution in [2.24, 2.45) is 7.05 Å². The lowest BCUT2D eigenvalue weighted by Crippen LogP contribution is -2.33. The minimum absolute atomic E-state index is 0.211. The number of benzene rings is 1. The molecule has 0 N–H and O–H groups in total. The van der Waals surface area contributed by atoms with Crippen LogP contribution in [0.4, 0.5) is 0 Å². The molecule has 0 unspecified atom stereocenters. The molecule has 0 aliphatic rings. The lowest BCUT2D eigenvalue weighted by atomic mass is 10.1. The van der Waals surface area contributed by atoms with Crippen molar-refractivity contribution < 1.29 is 14.4 Å². The minimum atomic E-state index is -0.240. The lowest BCUT2D eigenvalue weighted by Gasteiger charge is -2.06. The first-order chi connectivity index (χ1) is 12.1. The van der Waals surface area contributed by atoms with E-state index in [1.807, 2.05) is 6.92 Å². The topological polar surface area (TPSA) is 88.4 Å². The number of carbonyl (C=O) groups excluding carboxylic acids is 1. The smallest absolute Gasteiger partial charge is 0.270 e. The van der Waals surface area contributed by atoms with Crippen LogP contribution in [-0.2, 0) is 7.05 Å². The molecule has 1 aromatic carbocycles. The summed E-state index contributed by atoms with van der Waals surface area (Å²) < 4.78 is 8.69. The molecule has 4 rings (SSSR count). The predicted molar refractivity (Wildman–Crippen MR) is 89.5 cm³/mol. The van der Waals surface area contributed by atoms with Crippen LogP contribution in [0.2, 0.25) is 0 Å². The highest BCUT2D eigenvalue weighted by Gasteiger charge is 2.23. The number of rotatable bonds is 4. The molecule has 25 heavy (non-hydrogen) atoms. The Balaban J connectivity index is 1.95. The molecule has 0 aliphatic heterocycles. The zero-order valence-electron chi connectivity index (χ0n) is 13.7. The van der Waals surface area contributed by atoms with Crippen molar-refractivity contribution in [2.75, 3.05) is 6.61 Å². The molecular formula is C17H15N5O3. The Morgan fingerprint density at radius 1 is 1.36 bits per heavy atom. The first kappa shape index (κ1) is 15.1. The number of hydrogen-bond donors (Lipinski definition) is 0. The summed E-state index contributed by atoms with van der Waals surface area (Å²) in [6, 6.07) is 8.54. The van der Waals surface area contributed by atoms with Crippen molar-refractivity contribution in [2.45, 2.75) is 6.92 Å². The fourth-order valence-corrected chi connectivity index (χ4v) is 2.84. The van der Waals surface area contributed by atoms with Crippen molar-refractivity contribution in [1.82, 2.24) is 19.3 Å². The zero-order valence-corrected chi connectivity index (χ0v) is 13.7. The highest BCUT2D eigenvalue weighted by atomic mass is 16.5. The Hall–Kier alpha value is -3.42. The quantitative estimate of drug-likeness (QED) is 0.320. The number of nitrogens with zero attached hydrogens (tertiary/aromatic N) is 5. The van der Waals surface area contributed by atoms with E-state index in [1.54, 1.807) is 48.1 Å². The molecule has 0 amide bonds. The van der Waals surface area contributed by atoms with Crippen molar-refractivity contribution in [3.05, 3.63) is 59.2 Å². The van der Waals surface area contributed by atoms with Gasteiger partial charge in [0.2, 0.25) is 11.4 Å². The van der Waals surface area contributed by atoms with Gasteiger partial charge in [0.25, 0.3) is 5.52 Å². The second-order valence-electron chi connectivity index (χ2n) is 5.58. The van der Waals surface area contributed by atoms with E-state index in [-0.39, 0.29) is 17.0 Å². The maximum atomic E-state index is 12.8. The molecule has 0 radical (unpaired) electrons. The molecule has 126 valence electrons. The number of aryl methyl sites for hydroxylation is 1. The Labute approximate surface area is 142 Å². The summed E-state index contributed by atoms with van der Waals surface area (Å²) in [4.78, 5) is 13.3. The van der Waals surface area contributed by atoms with E-state index in [9.17, 15) is 10.0 Å². The fourth-order valence-electron chi connectivity index (χ4n) is 2.84. The van der Waals surface area contributed by atoms with Crippen molar-refractivity contribution in [3.8, 4) is 5.75 Å². The van der Waals surface area contributed by atoms with E-state index < -0.39 is 0 Å². The van der Waals surface area contributed by atoms with Crippen LogP contribution in [0.25, 0.3) is 16.7 Å². The van der Waals surface area contributed by atoms with Gasteiger partial charge in [-0.15, -0.1) is 0 Å². The van der Waals surface area contributed by atoms with Gasteiger partial charge in [-0.05, 0) is 30.0 Å². The minimum Gasteiger partial charge on any atom is -0.594 e. The highest BCUT2D eigenvalue weighted by Crippen LogP contribution is 2.21. The van der Waals surface area contributed by atoms with Crippen LogP contribution in [0.3, 0.4) is 0 Å². The van der Waals surface area contributed by atoms with E-state index in [4.69, 9.17) is 4.74 Å². The van der Waals surface area contributed by atoms with Crippen LogP contribution in [0.15, 0.2) is 42.7 Å². The third-order valence-corrected chi connectivity index (χ3v) is 4.04. The summed E-state index contributed by atoms with van der Waals surface area (Å²) in [7, 11) is 1.78. The van der Waals surface area contributed by atoms with Crippen molar-refractivity contribution in [3.63, 3.8) is 0 Å². The number of fused-ring (bicyclic) bond motifs is 3. The largest absolute Gasteiger partial charge is 0.594 e. The monoisotopic (exact) mass is 337 g/mol. The van der Waals surface area contributed by atoms with Gasteiger partial charge >= 0.3 is 0 Å². The standard InChI is InChI=1S/C17H15N5O3/c1-3-25-11-6-7-13-15(9-11)21-17(19-22(13)24)12(10-18-21)16(23)14-5-4-8-20(14)2/h4-10H,3H2,1-2H3. The normalized spacial score (nSPS) is 11.3. The summed E-state index contributed by atoms with van der Waals surface area (Å²) in [6.45, 7) is 2.39. The molecule has 0 aliphatic carbocycles. The van der Waals surface area contributed by atoms with E-state index in [2.05, 4.69) is 10.2 Å². The molecule has 8 heteroatoms. The summed E-state index contributed by atoms with van der Waals surface area (Å²) in [5.74, 6) is 0.378. The maximum absolute atomic E-state index is 12.8. The van der Waals surface area contributed by atoms with Gasteiger partial charge in [-0.3, -0.25) is 4.79 Å². The number of carbonyl (C=O) groups is 1. The summed E-state index contributed by atoms with van der Waals surface area (Å²) in [5.41, 5.74) is 1.85. The molecule has 8 nitrogen and oxygen atoms in total. The first-order valence-corrected chi connectivity index (χ1v) is 7.80. The average molecular weight is 337 g/mol. The Kier molecular flexibility index (Phi) is 3.38. The van der Waals surface area contributed by atoms with Gasteiger partial charge in [0.1, 0.15) is 11.3 Å². The molecule has 3 heterocycles. The Morgan fingerprint density at radius 3 is 2.92 bits per heavy atom. The summed E-state index contributed by atoms with van der Waals surface area (Å²) in [6.07, 6.45) is 3.22. The average Bonchev–Trinajstić information content (AvgIpc) is 3.21. The maximum Gasteiger partial charge on any atom is 0.270 e. The third-order valence-electron chi connectivity index (χ3n) is 4.04. The van der Waals surface area contributed by atoms with E-state index >= 15 is 0 Å². The van der Waals surface area contributed by atoms with E-state index in [0.717, 1.165) is 0 Å². The van der Waals surface area contributed by atoms with Gasteiger partial charge in [0.15, 0.2) is 0 Å². The number of ketones is 1. The highest BCUT2D eigenvalue weighted by molar-refractivity contribution is 6.11. The Morgan fingerprint density at radius 2 is 2.20 bits per heavy atom. The molecule has 3 aromatic heterocycles. The van der Waals surface area contributed by atoms with Gasteiger partial charge in [-0.2, -0.15) is 5.10 Å². The van der Waals surface area contributed by atoms with Crippen LogP contribution in [-0.4, -0.2) is 31.7 Å². The van der Waals surface area contributed by atoms with Crippen LogP contribution < -0.4 is 9.58 Å². The van der Waals surface area contributed by atoms with Crippen LogP contribution in [0, 0.1) is 5.21 Å². The van der Waals surface area contributed by atoms with Crippen LogP contribution in [0.5, 0.6) is 5.75 Å². The van der Waals surface area contributed by atoms with Gasteiger partial charge in [0.05, 0.1) is 24.1 Å². The van der Waals surface area contributed by atoms with E-state index in [0.29, 0.717) is 33.9 Å². The SMILES string of the molecule is CCOc1ccc2c(c1)n1ncc(C(=O)c3cccn3C)c1n[n+]2[O-]. The summed E-state index contributed by atoms with van der Waals surface area (Å²) in [5, 5.41) is 20.6. The third kappa shape index (κ3) is 2.30. The molecular weight excluding hydrogens is 322 g/mol. The van der Waals surface area contributed by atoms with Crippen LogP contribution >= 0.6 is 0 Å². The van der Waals surface area contributed by atoms with Gasteiger partial charge in [-0.1, -0.05) is 0 Å². The zero-order chi connectivity index (χ0) is 17.6. The Bertz CT molecular complexity index is 1110. The van der Waals surface area contributed by atoms with Crippen LogP contribution in [0.1, 0.15) is 23.0 Å². The molecule has 0 bridgehead atoms. The number of aromatic nitrogens is 5. The molecule has 0 spiro atoms. The lowest BCUT2D eigenvalue weighted by molar-refractivity contribution is -0.640. The van der Waals surface area contributed by atoms with Crippen molar-refractivity contribution >= 4 is 22.5 Å².